The van der Waals surface area contributed by atoms with Crippen LogP contribution in [0.5, 0.6) is 0 Å². The molecule has 0 unspecified atom stereocenters. The number of rotatable bonds is 2. The summed E-state index contributed by atoms with van der Waals surface area (Å²) in [6.07, 6.45) is -4.25. The van der Waals surface area contributed by atoms with Crippen molar-refractivity contribution >= 4 is 11.6 Å². The van der Waals surface area contributed by atoms with E-state index in [1.807, 2.05) is 0 Å². The third kappa shape index (κ3) is 4.07. The molecule has 2 N–H and O–H groups in total. The molecule has 0 bridgehead atoms. The zero-order valence-electron chi connectivity index (χ0n) is 11.2. The summed E-state index contributed by atoms with van der Waals surface area (Å²) in [4.78, 5) is 14.8. The third-order valence-electron chi connectivity index (χ3n) is 3.31. The summed E-state index contributed by atoms with van der Waals surface area (Å²) in [6, 6.07) is 3.48. The normalized spacial score (nSPS) is 17.0. The molecule has 1 aliphatic rings. The molecule has 2 rings (SSSR count). The highest BCUT2D eigenvalue weighted by molar-refractivity contribution is 5.99. The highest BCUT2D eigenvalue weighted by atomic mass is 19.4. The third-order valence-corrected chi connectivity index (χ3v) is 3.31. The lowest BCUT2D eigenvalue weighted by Crippen LogP contribution is -2.51. The molecule has 0 radical (unpaired) electrons. The van der Waals surface area contributed by atoms with Crippen LogP contribution in [0.3, 0.4) is 0 Å². The first-order valence-corrected chi connectivity index (χ1v) is 6.40. The zero-order valence-corrected chi connectivity index (χ0v) is 11.2. The molecule has 1 fully saturated rings. The van der Waals surface area contributed by atoms with Crippen LogP contribution in [-0.4, -0.2) is 54.6 Å². The zero-order chi connectivity index (χ0) is 15.6. The van der Waals surface area contributed by atoms with Crippen molar-refractivity contribution < 1.29 is 22.4 Å². The summed E-state index contributed by atoms with van der Waals surface area (Å²) in [6.45, 7) is -0.423. The molecular weight excluding hydrogens is 290 g/mol. The molecule has 1 aromatic carbocycles. The van der Waals surface area contributed by atoms with Crippen LogP contribution in [0, 0.1) is 5.82 Å². The fourth-order valence-corrected chi connectivity index (χ4v) is 2.25. The molecule has 1 aromatic rings. The van der Waals surface area contributed by atoms with Gasteiger partial charge in [0.05, 0.1) is 12.1 Å². The first-order valence-electron chi connectivity index (χ1n) is 6.40. The van der Waals surface area contributed by atoms with Crippen molar-refractivity contribution in [3.63, 3.8) is 0 Å². The second-order valence-electron chi connectivity index (χ2n) is 4.92. The molecule has 0 saturated carbocycles. The molecule has 21 heavy (non-hydrogen) atoms. The van der Waals surface area contributed by atoms with Gasteiger partial charge in [-0.2, -0.15) is 13.2 Å². The fraction of sp³-hybridized carbons (Fsp3) is 0.462. The number of hydrogen-bond donors (Lipinski definition) is 1. The minimum Gasteiger partial charge on any atom is -0.398 e. The Morgan fingerprint density at radius 3 is 2.38 bits per heavy atom. The summed E-state index contributed by atoms with van der Waals surface area (Å²) in [5.41, 5.74) is 5.83. The fourth-order valence-electron chi connectivity index (χ4n) is 2.25. The van der Waals surface area contributed by atoms with Crippen LogP contribution in [0.1, 0.15) is 10.4 Å². The van der Waals surface area contributed by atoms with Gasteiger partial charge >= 0.3 is 6.18 Å². The number of amides is 1. The number of anilines is 1. The quantitative estimate of drug-likeness (QED) is 0.669. The Morgan fingerprint density at radius 2 is 1.81 bits per heavy atom. The predicted molar refractivity (Wildman–Crippen MR) is 69.2 cm³/mol. The minimum absolute atomic E-state index is 0.0410. The maximum atomic E-state index is 13.2. The minimum atomic E-state index is -4.25. The lowest BCUT2D eigenvalue weighted by atomic mass is 10.1. The van der Waals surface area contributed by atoms with Gasteiger partial charge in [0, 0.05) is 31.9 Å². The van der Waals surface area contributed by atoms with E-state index in [1.54, 1.807) is 0 Å². The number of piperazine rings is 1. The molecule has 0 aliphatic carbocycles. The maximum absolute atomic E-state index is 13.2. The van der Waals surface area contributed by atoms with Crippen LogP contribution in [0.15, 0.2) is 18.2 Å². The van der Waals surface area contributed by atoms with Gasteiger partial charge in [-0.15, -0.1) is 0 Å². The Bertz CT molecular complexity index is 525. The molecule has 8 heteroatoms. The highest BCUT2D eigenvalue weighted by Gasteiger charge is 2.33. The van der Waals surface area contributed by atoms with Gasteiger partial charge in [0.15, 0.2) is 0 Å². The Balaban J connectivity index is 1.99. The van der Waals surface area contributed by atoms with E-state index >= 15 is 0 Å². The average molecular weight is 305 g/mol. The number of nitrogen functional groups attached to an aromatic ring is 1. The maximum Gasteiger partial charge on any atom is 0.401 e. The molecule has 4 nitrogen and oxygen atoms in total. The van der Waals surface area contributed by atoms with E-state index in [9.17, 15) is 22.4 Å². The van der Waals surface area contributed by atoms with Crippen molar-refractivity contribution in [3.8, 4) is 0 Å². The number of halogens is 4. The van der Waals surface area contributed by atoms with Crippen LogP contribution in [0.2, 0.25) is 0 Å². The number of hydrogen-bond acceptors (Lipinski definition) is 3. The van der Waals surface area contributed by atoms with E-state index < -0.39 is 24.4 Å². The number of carbonyl (C=O) groups excluding carboxylic acids is 1. The summed E-state index contributed by atoms with van der Waals surface area (Å²) in [5, 5.41) is 0. The van der Waals surface area contributed by atoms with Crippen molar-refractivity contribution in [2.75, 3.05) is 38.5 Å². The lowest BCUT2D eigenvalue weighted by Gasteiger charge is -2.35. The first kappa shape index (κ1) is 15.6. The molecule has 1 aliphatic heterocycles. The summed E-state index contributed by atoms with van der Waals surface area (Å²) >= 11 is 0. The number of alkyl halides is 3. The van der Waals surface area contributed by atoms with E-state index in [2.05, 4.69) is 0 Å². The SMILES string of the molecule is Nc1ccc(F)cc1C(=O)N1CCN(CC(F)(F)F)CC1. The first-order chi connectivity index (χ1) is 9.76. The van der Waals surface area contributed by atoms with Gasteiger partial charge in [0.2, 0.25) is 0 Å². The Morgan fingerprint density at radius 1 is 1.19 bits per heavy atom. The van der Waals surface area contributed by atoms with Crippen LogP contribution in [0.4, 0.5) is 23.2 Å². The van der Waals surface area contributed by atoms with Gasteiger partial charge in [0.1, 0.15) is 5.82 Å². The topological polar surface area (TPSA) is 49.6 Å². The van der Waals surface area contributed by atoms with Gasteiger partial charge < -0.3 is 10.6 Å². The van der Waals surface area contributed by atoms with Gasteiger partial charge in [-0.1, -0.05) is 0 Å². The van der Waals surface area contributed by atoms with Gasteiger partial charge in [-0.3, -0.25) is 9.69 Å². The van der Waals surface area contributed by atoms with Crippen LogP contribution in [-0.2, 0) is 0 Å². The van der Waals surface area contributed by atoms with Crippen LogP contribution < -0.4 is 5.73 Å². The average Bonchev–Trinajstić information content (AvgIpc) is 2.40. The number of nitrogens with two attached hydrogens (primary N) is 1. The Kier molecular flexibility index (Phi) is 4.36. The van der Waals surface area contributed by atoms with Gasteiger partial charge in [-0.05, 0) is 18.2 Å². The monoisotopic (exact) mass is 305 g/mol. The molecule has 0 atom stereocenters. The highest BCUT2D eigenvalue weighted by Crippen LogP contribution is 2.20. The standard InChI is InChI=1S/C13H15F4N3O/c14-9-1-2-11(18)10(7-9)12(21)20-5-3-19(4-6-20)8-13(15,16)17/h1-2,7H,3-6,8,18H2. The molecule has 1 heterocycles. The molecule has 116 valence electrons. The summed E-state index contributed by atoms with van der Waals surface area (Å²) < 4.78 is 50.0. The number of nitrogens with zero attached hydrogens (tertiary/aromatic N) is 2. The van der Waals surface area contributed by atoms with Crippen molar-refractivity contribution in [2.24, 2.45) is 0 Å². The van der Waals surface area contributed by atoms with Gasteiger partial charge in [-0.25, -0.2) is 4.39 Å². The van der Waals surface area contributed by atoms with E-state index in [0.29, 0.717) is 0 Å². The number of carbonyl (C=O) groups is 1. The van der Waals surface area contributed by atoms with Crippen molar-refractivity contribution in [2.45, 2.75) is 6.18 Å². The number of benzene rings is 1. The van der Waals surface area contributed by atoms with E-state index in [4.69, 9.17) is 5.73 Å². The summed E-state index contributed by atoms with van der Waals surface area (Å²) in [7, 11) is 0. The van der Waals surface area contributed by atoms with Crippen LogP contribution >= 0.6 is 0 Å². The molecule has 1 saturated heterocycles. The van der Waals surface area contributed by atoms with E-state index in [-0.39, 0.29) is 37.4 Å². The smallest absolute Gasteiger partial charge is 0.398 e. The molecule has 0 spiro atoms. The Hall–Kier alpha value is -1.83. The van der Waals surface area contributed by atoms with Crippen molar-refractivity contribution in [3.05, 3.63) is 29.6 Å². The second-order valence-corrected chi connectivity index (χ2v) is 4.92. The summed E-state index contributed by atoms with van der Waals surface area (Å²) in [5.74, 6) is -1.04. The van der Waals surface area contributed by atoms with E-state index in [0.717, 1.165) is 12.1 Å². The lowest BCUT2D eigenvalue weighted by molar-refractivity contribution is -0.148. The molecular formula is C13H15F4N3O. The largest absolute Gasteiger partial charge is 0.401 e. The van der Waals surface area contributed by atoms with Crippen molar-refractivity contribution in [1.29, 1.82) is 0 Å². The van der Waals surface area contributed by atoms with Gasteiger partial charge in [0.25, 0.3) is 5.91 Å². The molecule has 0 aromatic heterocycles. The van der Waals surface area contributed by atoms with E-state index in [1.165, 1.54) is 15.9 Å². The van der Waals surface area contributed by atoms with Crippen LogP contribution in [0.25, 0.3) is 0 Å². The second kappa shape index (κ2) is 5.88. The molecule has 1 amide bonds. The predicted octanol–water partition coefficient (Wildman–Crippen LogP) is 1.73. The van der Waals surface area contributed by atoms with Crippen molar-refractivity contribution in [1.82, 2.24) is 9.80 Å². The Labute approximate surface area is 119 Å².